The molecule has 0 saturated carbocycles. The Hall–Kier alpha value is -0.500. The van der Waals surface area contributed by atoms with Gasteiger partial charge in [-0.25, -0.2) is 4.57 Å². The third kappa shape index (κ3) is 51.4. The van der Waals surface area contributed by atoms with Crippen LogP contribution in [0.4, 0.5) is 0 Å². The maximum absolute atomic E-state index is 12.9. The summed E-state index contributed by atoms with van der Waals surface area (Å²) in [5.74, 6) is -0.140. The first-order chi connectivity index (χ1) is 32.0. The van der Waals surface area contributed by atoms with Crippen LogP contribution in [0.15, 0.2) is 0 Å². The molecule has 0 bridgehead atoms. The monoisotopic (exact) mass is 958 g/mol. The Morgan fingerprint density at radius 3 is 1.02 bits per heavy atom. The zero-order valence-corrected chi connectivity index (χ0v) is 46.1. The zero-order chi connectivity index (χ0) is 48.5. The molecule has 0 heterocycles. The first-order valence-corrected chi connectivity index (χ1v) is 30.9. The van der Waals surface area contributed by atoms with Crippen molar-refractivity contribution in [2.75, 3.05) is 40.9 Å². The fourth-order valence-electron chi connectivity index (χ4n) is 9.23. The van der Waals surface area contributed by atoms with Crippen LogP contribution >= 0.6 is 7.82 Å². The van der Waals surface area contributed by atoms with E-state index in [-0.39, 0.29) is 19.1 Å². The largest absolute Gasteiger partial charge is 0.472 e. The number of phosphoric acid groups is 1. The summed E-state index contributed by atoms with van der Waals surface area (Å²) in [5.41, 5.74) is 0. The Morgan fingerprint density at radius 1 is 0.455 bits per heavy atom. The molecule has 66 heavy (non-hydrogen) atoms. The third-order valence-corrected chi connectivity index (χ3v) is 14.8. The van der Waals surface area contributed by atoms with Crippen molar-refractivity contribution in [2.45, 2.75) is 321 Å². The third-order valence-electron chi connectivity index (χ3n) is 13.9. The van der Waals surface area contributed by atoms with Gasteiger partial charge in [-0.2, -0.15) is 0 Å². The minimum Gasteiger partial charge on any atom is -0.391 e. The highest BCUT2D eigenvalue weighted by molar-refractivity contribution is 7.47. The van der Waals surface area contributed by atoms with Crippen molar-refractivity contribution in [3.63, 3.8) is 0 Å². The van der Waals surface area contributed by atoms with E-state index in [1.165, 1.54) is 244 Å². The molecule has 0 aromatic carbocycles. The SMILES string of the molecule is CCCCCCCCCCCCCCCCCCCCCCCCCCCCCCCCCCCCCCC(=O)NC(COP(=O)(O)OCC[N+](C)(C)C)C(O)CCCCCCCCCC. The standard InChI is InChI=1S/C57H117N2O6P/c1-6-8-10-12-14-16-17-18-19-20-21-22-23-24-25-26-27-28-29-30-31-32-33-34-35-36-37-38-39-40-41-42-43-45-47-49-51-57(61)58-55(54-65-66(62,63)64-53-52-59(3,4)5)56(60)50-48-46-44-15-13-11-9-7-2/h55-56,60H,6-54H2,1-5H3,(H-,58,61,62,63)/p+1. The Balaban J connectivity index is 3.74. The van der Waals surface area contributed by atoms with Gasteiger partial charge in [0.05, 0.1) is 39.9 Å². The van der Waals surface area contributed by atoms with Gasteiger partial charge in [0.25, 0.3) is 0 Å². The lowest BCUT2D eigenvalue weighted by atomic mass is 10.0. The maximum atomic E-state index is 12.9. The number of unbranched alkanes of at least 4 members (excludes halogenated alkanes) is 42. The number of nitrogens with zero attached hydrogens (tertiary/aromatic N) is 1. The molecule has 1 amide bonds. The molecule has 0 aliphatic carbocycles. The summed E-state index contributed by atoms with van der Waals surface area (Å²) >= 11 is 0. The molecule has 396 valence electrons. The summed E-state index contributed by atoms with van der Waals surface area (Å²) in [6, 6.07) is -0.752. The highest BCUT2D eigenvalue weighted by Crippen LogP contribution is 2.43. The van der Waals surface area contributed by atoms with Crippen LogP contribution < -0.4 is 5.32 Å². The first-order valence-electron chi connectivity index (χ1n) is 29.4. The van der Waals surface area contributed by atoms with Gasteiger partial charge in [0.2, 0.25) is 5.91 Å². The van der Waals surface area contributed by atoms with Crippen molar-refractivity contribution in [3.8, 4) is 0 Å². The van der Waals surface area contributed by atoms with Crippen molar-refractivity contribution in [2.24, 2.45) is 0 Å². The number of amides is 1. The average molecular weight is 959 g/mol. The van der Waals surface area contributed by atoms with Crippen molar-refractivity contribution >= 4 is 13.7 Å². The van der Waals surface area contributed by atoms with Gasteiger partial charge >= 0.3 is 7.82 Å². The summed E-state index contributed by atoms with van der Waals surface area (Å²) in [6.45, 7) is 4.89. The summed E-state index contributed by atoms with van der Waals surface area (Å²) in [7, 11) is 1.63. The molecule has 0 fully saturated rings. The lowest BCUT2D eigenvalue weighted by Gasteiger charge is -2.26. The zero-order valence-electron chi connectivity index (χ0n) is 45.2. The molecule has 0 radical (unpaired) electrons. The molecule has 3 unspecified atom stereocenters. The number of carbonyl (C=O) groups excluding carboxylic acids is 1. The highest BCUT2D eigenvalue weighted by atomic mass is 31.2. The Kier molecular flexibility index (Phi) is 49.1. The van der Waals surface area contributed by atoms with Gasteiger partial charge in [-0.15, -0.1) is 0 Å². The van der Waals surface area contributed by atoms with Gasteiger partial charge in [-0.05, 0) is 12.8 Å². The van der Waals surface area contributed by atoms with E-state index in [0.29, 0.717) is 23.9 Å². The fourth-order valence-corrected chi connectivity index (χ4v) is 9.96. The second-order valence-corrected chi connectivity index (χ2v) is 23.2. The number of carbonyl (C=O) groups is 1. The normalized spacial score (nSPS) is 13.9. The van der Waals surface area contributed by atoms with Crippen LogP contribution in [0.5, 0.6) is 0 Å². The quantitative estimate of drug-likeness (QED) is 0.0319. The fraction of sp³-hybridized carbons (Fsp3) is 0.982. The molecule has 9 heteroatoms. The minimum absolute atomic E-state index is 0.0782. The summed E-state index contributed by atoms with van der Waals surface area (Å²) in [4.78, 5) is 23.2. The van der Waals surface area contributed by atoms with Crippen LogP contribution in [0.25, 0.3) is 0 Å². The number of aliphatic hydroxyl groups excluding tert-OH is 1. The Morgan fingerprint density at radius 2 is 0.727 bits per heavy atom. The summed E-state index contributed by atoms with van der Waals surface area (Å²) in [5, 5.41) is 13.9. The van der Waals surface area contributed by atoms with Crippen molar-refractivity contribution < 1.29 is 32.9 Å². The maximum Gasteiger partial charge on any atom is 0.472 e. The lowest BCUT2D eigenvalue weighted by Crippen LogP contribution is -2.46. The second kappa shape index (κ2) is 49.5. The van der Waals surface area contributed by atoms with E-state index in [9.17, 15) is 19.4 Å². The summed E-state index contributed by atoms with van der Waals surface area (Å²) in [6.07, 6.45) is 59.3. The van der Waals surface area contributed by atoms with Crippen LogP contribution in [0.2, 0.25) is 0 Å². The summed E-state index contributed by atoms with van der Waals surface area (Å²) < 4.78 is 23.6. The van der Waals surface area contributed by atoms with Gasteiger partial charge in [0.1, 0.15) is 13.2 Å². The van der Waals surface area contributed by atoms with Crippen LogP contribution in [0.3, 0.4) is 0 Å². The Labute approximate surface area is 412 Å². The smallest absolute Gasteiger partial charge is 0.391 e. The molecule has 3 N–H and O–H groups in total. The van der Waals surface area contributed by atoms with Gasteiger partial charge < -0.3 is 19.8 Å². The predicted molar refractivity (Wildman–Crippen MR) is 286 cm³/mol. The van der Waals surface area contributed by atoms with E-state index in [1.54, 1.807) is 0 Å². The van der Waals surface area contributed by atoms with Crippen molar-refractivity contribution in [3.05, 3.63) is 0 Å². The number of likely N-dealkylation sites (N-methyl/N-ethyl adjacent to an activating group) is 1. The molecule has 0 aliphatic heterocycles. The van der Waals surface area contributed by atoms with E-state index in [4.69, 9.17) is 9.05 Å². The average Bonchev–Trinajstić information content (AvgIpc) is 3.28. The number of hydrogen-bond acceptors (Lipinski definition) is 5. The molecule has 3 atom stereocenters. The number of rotatable bonds is 55. The van der Waals surface area contributed by atoms with Crippen molar-refractivity contribution in [1.82, 2.24) is 5.32 Å². The first kappa shape index (κ1) is 65.5. The van der Waals surface area contributed by atoms with E-state index >= 15 is 0 Å². The molecule has 0 spiro atoms. The van der Waals surface area contributed by atoms with Gasteiger partial charge in [-0.1, -0.05) is 290 Å². The minimum atomic E-state index is -4.31. The van der Waals surface area contributed by atoms with Gasteiger partial charge in [0.15, 0.2) is 0 Å². The van der Waals surface area contributed by atoms with Crippen LogP contribution in [-0.4, -0.2) is 73.4 Å². The molecule has 0 aromatic rings. The van der Waals surface area contributed by atoms with Crippen molar-refractivity contribution in [1.29, 1.82) is 0 Å². The van der Waals surface area contributed by atoms with E-state index in [1.807, 2.05) is 21.1 Å². The van der Waals surface area contributed by atoms with Crippen LogP contribution in [-0.2, 0) is 18.4 Å². The molecular formula is C57H118N2O6P+. The van der Waals surface area contributed by atoms with E-state index in [0.717, 1.165) is 38.5 Å². The predicted octanol–water partition coefficient (Wildman–Crippen LogP) is 17.7. The number of aliphatic hydroxyl groups is 1. The van der Waals surface area contributed by atoms with Crippen LogP contribution in [0, 0.1) is 0 Å². The number of nitrogens with one attached hydrogen (secondary N) is 1. The topological polar surface area (TPSA) is 105 Å². The number of phosphoric ester groups is 1. The number of quaternary nitrogens is 1. The molecular weight excluding hydrogens is 840 g/mol. The number of hydrogen-bond donors (Lipinski definition) is 3. The van der Waals surface area contributed by atoms with E-state index in [2.05, 4.69) is 19.2 Å². The van der Waals surface area contributed by atoms with Crippen LogP contribution in [0.1, 0.15) is 309 Å². The molecule has 0 aromatic heterocycles. The molecule has 8 nitrogen and oxygen atoms in total. The molecule has 0 aliphatic rings. The van der Waals surface area contributed by atoms with Gasteiger partial charge in [-0.3, -0.25) is 13.8 Å². The molecule has 0 saturated heterocycles. The Bertz CT molecular complexity index is 1040. The highest BCUT2D eigenvalue weighted by Gasteiger charge is 2.28. The molecule has 0 rings (SSSR count). The second-order valence-electron chi connectivity index (χ2n) is 21.7. The van der Waals surface area contributed by atoms with Gasteiger partial charge in [0, 0.05) is 6.42 Å². The lowest BCUT2D eigenvalue weighted by molar-refractivity contribution is -0.870. The van der Waals surface area contributed by atoms with E-state index < -0.39 is 20.0 Å².